The van der Waals surface area contributed by atoms with Gasteiger partial charge in [-0.1, -0.05) is 40.5 Å². The molecule has 0 saturated heterocycles. The highest BCUT2D eigenvalue weighted by molar-refractivity contribution is 4.94. The molecule has 108 valence electrons. The van der Waals surface area contributed by atoms with Crippen molar-refractivity contribution >= 4 is 0 Å². The van der Waals surface area contributed by atoms with Gasteiger partial charge in [0.1, 0.15) is 0 Å². The zero-order chi connectivity index (χ0) is 13.8. The minimum atomic E-state index is -0.481. The van der Waals surface area contributed by atoms with Crippen LogP contribution in [0.4, 0.5) is 0 Å². The van der Waals surface area contributed by atoms with Crippen LogP contribution in [0.5, 0.6) is 0 Å². The van der Waals surface area contributed by atoms with Crippen molar-refractivity contribution in [2.45, 2.75) is 78.2 Å². The number of hydrogen-bond donors (Lipinski definition) is 2. The van der Waals surface area contributed by atoms with Gasteiger partial charge in [-0.25, -0.2) is 0 Å². The Labute approximate surface area is 113 Å². The van der Waals surface area contributed by atoms with Crippen molar-refractivity contribution in [2.24, 2.45) is 23.0 Å². The van der Waals surface area contributed by atoms with Gasteiger partial charge in [0.25, 0.3) is 0 Å². The normalized spacial score (nSPS) is 31.3. The maximum absolute atomic E-state index is 10.8. The third-order valence-electron chi connectivity index (χ3n) is 5.55. The third-order valence-corrected chi connectivity index (χ3v) is 5.55. The molecule has 18 heavy (non-hydrogen) atoms. The Hall–Kier alpha value is -0.0800. The van der Waals surface area contributed by atoms with Crippen LogP contribution in [-0.2, 0) is 0 Å². The van der Waals surface area contributed by atoms with E-state index < -0.39 is 5.60 Å². The molecule has 0 aromatic carbocycles. The topological polar surface area (TPSA) is 46.2 Å². The van der Waals surface area contributed by atoms with Crippen LogP contribution in [0.25, 0.3) is 0 Å². The van der Waals surface area contributed by atoms with Gasteiger partial charge in [0.05, 0.1) is 5.60 Å². The van der Waals surface area contributed by atoms with Gasteiger partial charge in [0.15, 0.2) is 0 Å². The minimum absolute atomic E-state index is 0.299. The summed E-state index contributed by atoms with van der Waals surface area (Å²) in [5, 5.41) is 10.8. The molecular formula is C16H33NO. The minimum Gasteiger partial charge on any atom is -0.390 e. The van der Waals surface area contributed by atoms with Crippen molar-refractivity contribution in [3.05, 3.63) is 0 Å². The molecule has 0 spiro atoms. The Bertz CT molecular complexity index is 241. The molecule has 0 bridgehead atoms. The van der Waals surface area contributed by atoms with Gasteiger partial charge in [0.2, 0.25) is 0 Å². The molecule has 0 aliphatic heterocycles. The number of rotatable bonds is 6. The van der Waals surface area contributed by atoms with Gasteiger partial charge < -0.3 is 10.8 Å². The fourth-order valence-electron chi connectivity index (χ4n) is 3.55. The lowest BCUT2D eigenvalue weighted by atomic mass is 9.63. The van der Waals surface area contributed by atoms with E-state index in [9.17, 15) is 5.11 Å². The molecule has 1 aliphatic carbocycles. The first-order chi connectivity index (χ1) is 8.39. The largest absolute Gasteiger partial charge is 0.390 e. The summed E-state index contributed by atoms with van der Waals surface area (Å²) in [5.41, 5.74) is 5.80. The quantitative estimate of drug-likeness (QED) is 0.760. The Kier molecular flexibility index (Phi) is 5.67. The van der Waals surface area contributed by atoms with E-state index in [1.807, 2.05) is 0 Å². The molecule has 0 heterocycles. The zero-order valence-electron chi connectivity index (χ0n) is 12.8. The molecule has 1 aliphatic rings. The molecule has 0 aromatic rings. The monoisotopic (exact) mass is 255 g/mol. The molecule has 1 saturated carbocycles. The van der Waals surface area contributed by atoms with Gasteiger partial charge in [-0.05, 0) is 55.9 Å². The summed E-state index contributed by atoms with van der Waals surface area (Å²) in [6, 6.07) is 0. The lowest BCUT2D eigenvalue weighted by Crippen LogP contribution is -2.46. The molecule has 1 fully saturated rings. The molecule has 2 heteroatoms. The molecule has 0 amide bonds. The first kappa shape index (κ1) is 16.0. The standard InChI is InChI=1S/C16H33NO/c1-5-7-14(12-17)16(18)10-8-13(9-11-16)15(3,4)6-2/h13-14,18H,5-12,17H2,1-4H3. The van der Waals surface area contributed by atoms with E-state index >= 15 is 0 Å². The van der Waals surface area contributed by atoms with Crippen LogP contribution in [0.1, 0.15) is 72.6 Å². The average molecular weight is 255 g/mol. The Morgan fingerprint density at radius 3 is 2.22 bits per heavy atom. The van der Waals surface area contributed by atoms with Crippen LogP contribution in [0, 0.1) is 17.3 Å². The van der Waals surface area contributed by atoms with Crippen molar-refractivity contribution in [2.75, 3.05) is 6.54 Å². The predicted molar refractivity (Wildman–Crippen MR) is 78.4 cm³/mol. The van der Waals surface area contributed by atoms with E-state index in [4.69, 9.17) is 5.73 Å². The highest BCUT2D eigenvalue weighted by atomic mass is 16.3. The second-order valence-electron chi connectivity index (χ2n) is 6.94. The summed E-state index contributed by atoms with van der Waals surface area (Å²) >= 11 is 0. The summed E-state index contributed by atoms with van der Waals surface area (Å²) < 4.78 is 0. The summed E-state index contributed by atoms with van der Waals surface area (Å²) in [7, 11) is 0. The second-order valence-corrected chi connectivity index (χ2v) is 6.94. The van der Waals surface area contributed by atoms with E-state index in [1.165, 1.54) is 6.42 Å². The second kappa shape index (κ2) is 6.38. The number of nitrogens with two attached hydrogens (primary N) is 1. The first-order valence-electron chi connectivity index (χ1n) is 7.82. The average Bonchev–Trinajstić information content (AvgIpc) is 2.36. The summed E-state index contributed by atoms with van der Waals surface area (Å²) in [6.07, 6.45) is 7.63. The van der Waals surface area contributed by atoms with Gasteiger partial charge in [-0.2, -0.15) is 0 Å². The molecule has 1 unspecified atom stereocenters. The zero-order valence-corrected chi connectivity index (χ0v) is 12.8. The van der Waals surface area contributed by atoms with Crippen LogP contribution in [0.3, 0.4) is 0 Å². The Morgan fingerprint density at radius 1 is 1.28 bits per heavy atom. The van der Waals surface area contributed by atoms with E-state index in [1.54, 1.807) is 0 Å². The highest BCUT2D eigenvalue weighted by Gasteiger charge is 2.42. The number of hydrogen-bond acceptors (Lipinski definition) is 2. The van der Waals surface area contributed by atoms with Crippen LogP contribution in [0.15, 0.2) is 0 Å². The van der Waals surface area contributed by atoms with Crippen molar-refractivity contribution in [3.8, 4) is 0 Å². The molecule has 0 aromatic heterocycles. The fraction of sp³-hybridized carbons (Fsp3) is 1.00. The van der Waals surface area contributed by atoms with Gasteiger partial charge >= 0.3 is 0 Å². The number of aliphatic hydroxyl groups is 1. The predicted octanol–water partition coefficient (Wildman–Crippen LogP) is 3.72. The SMILES string of the molecule is CCCC(CN)C1(O)CCC(C(C)(C)CC)CC1. The molecule has 1 atom stereocenters. The summed E-state index contributed by atoms with van der Waals surface area (Å²) in [6.45, 7) is 9.83. The van der Waals surface area contributed by atoms with E-state index in [0.717, 1.165) is 44.4 Å². The molecule has 2 nitrogen and oxygen atoms in total. The van der Waals surface area contributed by atoms with Crippen LogP contribution < -0.4 is 5.73 Å². The van der Waals surface area contributed by atoms with Gasteiger partial charge in [-0.15, -0.1) is 0 Å². The van der Waals surface area contributed by atoms with Crippen molar-refractivity contribution in [3.63, 3.8) is 0 Å². The van der Waals surface area contributed by atoms with Crippen molar-refractivity contribution in [1.29, 1.82) is 0 Å². The van der Waals surface area contributed by atoms with Crippen LogP contribution >= 0.6 is 0 Å². The molecular weight excluding hydrogens is 222 g/mol. The maximum atomic E-state index is 10.8. The first-order valence-corrected chi connectivity index (χ1v) is 7.82. The van der Waals surface area contributed by atoms with Crippen LogP contribution in [0.2, 0.25) is 0 Å². The Morgan fingerprint density at radius 2 is 1.83 bits per heavy atom. The van der Waals surface area contributed by atoms with Crippen molar-refractivity contribution in [1.82, 2.24) is 0 Å². The lowest BCUT2D eigenvalue weighted by Gasteiger charge is -2.45. The highest BCUT2D eigenvalue weighted by Crippen LogP contribution is 2.46. The fourth-order valence-corrected chi connectivity index (χ4v) is 3.55. The summed E-state index contributed by atoms with van der Waals surface area (Å²) in [5.74, 6) is 1.07. The van der Waals surface area contributed by atoms with E-state index in [-0.39, 0.29) is 0 Å². The summed E-state index contributed by atoms with van der Waals surface area (Å²) in [4.78, 5) is 0. The lowest BCUT2D eigenvalue weighted by molar-refractivity contribution is -0.0715. The van der Waals surface area contributed by atoms with E-state index in [2.05, 4.69) is 27.7 Å². The molecule has 1 rings (SSSR count). The molecule has 3 N–H and O–H groups in total. The van der Waals surface area contributed by atoms with Gasteiger partial charge in [-0.3, -0.25) is 0 Å². The van der Waals surface area contributed by atoms with Gasteiger partial charge in [0, 0.05) is 0 Å². The third kappa shape index (κ3) is 3.48. The Balaban J connectivity index is 2.61. The van der Waals surface area contributed by atoms with Crippen molar-refractivity contribution < 1.29 is 5.11 Å². The maximum Gasteiger partial charge on any atom is 0.0688 e. The smallest absolute Gasteiger partial charge is 0.0688 e. The molecule has 0 radical (unpaired) electrons. The van der Waals surface area contributed by atoms with E-state index in [0.29, 0.717) is 17.9 Å². The van der Waals surface area contributed by atoms with Crippen LogP contribution in [-0.4, -0.2) is 17.3 Å².